The van der Waals surface area contributed by atoms with Gasteiger partial charge in [0.1, 0.15) is 17.7 Å². The van der Waals surface area contributed by atoms with Gasteiger partial charge in [-0.2, -0.15) is 0 Å². The smallest absolute Gasteiger partial charge is 0.414 e. The normalized spacial score (nSPS) is 17.5. The Morgan fingerprint density at radius 3 is 2.52 bits per heavy atom. The second-order valence-corrected chi connectivity index (χ2v) is 8.02. The third kappa shape index (κ3) is 4.51. The van der Waals surface area contributed by atoms with E-state index in [-0.39, 0.29) is 29.2 Å². The Hall–Kier alpha value is -3.05. The summed E-state index contributed by atoms with van der Waals surface area (Å²) in [6.45, 7) is 1.77. The summed E-state index contributed by atoms with van der Waals surface area (Å²) in [7, 11) is -4.04. The molecule has 0 radical (unpaired) electrons. The van der Waals surface area contributed by atoms with Crippen LogP contribution in [-0.2, 0) is 14.8 Å². The van der Waals surface area contributed by atoms with Crippen molar-refractivity contribution >= 4 is 27.6 Å². The molecule has 154 valence electrons. The van der Waals surface area contributed by atoms with E-state index < -0.39 is 39.4 Å². The molecule has 11 heteroatoms. The van der Waals surface area contributed by atoms with Gasteiger partial charge in [0.15, 0.2) is 0 Å². The number of hydrogen-bond acceptors (Lipinski definition) is 5. The van der Waals surface area contributed by atoms with Gasteiger partial charge in [0.25, 0.3) is 0 Å². The highest BCUT2D eigenvalue weighted by atomic mass is 32.2. The maximum absolute atomic E-state index is 14.7. The first-order valence-electron chi connectivity index (χ1n) is 8.43. The molecule has 29 heavy (non-hydrogen) atoms. The number of carbonyl (C=O) groups excluding carboxylic acids is 1. The standard InChI is InChI=1S/C18H18F2N4O4S/c1-10(21)23-8-13-9-24(18(25)28-13)12-6-15(19)17(16(20)7-12)11-3-2-4-14(5-11)29(22,26)27/h2-7,13H,8-9H2,1H3,(H2,21,23)(H2,22,26,27). The molecule has 2 aromatic carbocycles. The lowest BCUT2D eigenvalue weighted by atomic mass is 10.0. The minimum Gasteiger partial charge on any atom is -0.442 e. The molecule has 0 aliphatic carbocycles. The van der Waals surface area contributed by atoms with E-state index >= 15 is 0 Å². The van der Waals surface area contributed by atoms with Gasteiger partial charge in [0, 0.05) is 0 Å². The number of carbonyl (C=O) groups is 1. The maximum atomic E-state index is 14.7. The van der Waals surface area contributed by atoms with Gasteiger partial charge in [-0.05, 0) is 36.8 Å². The first kappa shape index (κ1) is 20.7. The van der Waals surface area contributed by atoms with E-state index in [2.05, 4.69) is 4.99 Å². The number of nitrogens with zero attached hydrogens (tertiary/aromatic N) is 2. The highest BCUT2D eigenvalue weighted by Gasteiger charge is 2.33. The first-order valence-corrected chi connectivity index (χ1v) is 9.98. The number of benzene rings is 2. The number of anilines is 1. The van der Waals surface area contributed by atoms with E-state index in [4.69, 9.17) is 15.6 Å². The molecule has 1 saturated heterocycles. The lowest BCUT2D eigenvalue weighted by Gasteiger charge is -2.15. The molecular weight excluding hydrogens is 406 g/mol. The third-order valence-electron chi connectivity index (χ3n) is 4.21. The van der Waals surface area contributed by atoms with Gasteiger partial charge in [-0.3, -0.25) is 9.89 Å². The highest BCUT2D eigenvalue weighted by Crippen LogP contribution is 2.32. The molecule has 1 aliphatic heterocycles. The van der Waals surface area contributed by atoms with Crippen LogP contribution >= 0.6 is 0 Å². The number of cyclic esters (lactones) is 1. The predicted octanol–water partition coefficient (Wildman–Crippen LogP) is 1.98. The third-order valence-corrected chi connectivity index (χ3v) is 5.12. The van der Waals surface area contributed by atoms with Crippen LogP contribution in [0.1, 0.15) is 6.92 Å². The van der Waals surface area contributed by atoms with Gasteiger partial charge in [-0.1, -0.05) is 12.1 Å². The molecular formula is C18H18F2N4O4S. The van der Waals surface area contributed by atoms with Crippen LogP contribution in [0.5, 0.6) is 0 Å². The Kier molecular flexibility index (Phi) is 5.53. The lowest BCUT2D eigenvalue weighted by Crippen LogP contribution is -2.25. The van der Waals surface area contributed by atoms with Crippen LogP contribution in [0.25, 0.3) is 11.1 Å². The molecule has 0 spiro atoms. The zero-order valence-corrected chi connectivity index (χ0v) is 16.1. The topological polar surface area (TPSA) is 128 Å². The fourth-order valence-corrected chi connectivity index (χ4v) is 3.45. The summed E-state index contributed by atoms with van der Waals surface area (Å²) in [6.07, 6.45) is -1.36. The molecule has 1 heterocycles. The van der Waals surface area contributed by atoms with Crippen molar-refractivity contribution in [1.82, 2.24) is 0 Å². The fraction of sp³-hybridized carbons (Fsp3) is 0.222. The van der Waals surface area contributed by atoms with Gasteiger partial charge in [0.05, 0.1) is 35.1 Å². The van der Waals surface area contributed by atoms with E-state index in [9.17, 15) is 22.0 Å². The molecule has 1 unspecified atom stereocenters. The molecule has 3 rings (SSSR count). The Labute approximate surface area is 165 Å². The minimum atomic E-state index is -4.04. The second-order valence-electron chi connectivity index (χ2n) is 6.46. The number of amides is 1. The van der Waals surface area contributed by atoms with Crippen LogP contribution in [0.4, 0.5) is 19.3 Å². The summed E-state index contributed by atoms with van der Waals surface area (Å²) >= 11 is 0. The van der Waals surface area contributed by atoms with Gasteiger partial charge in [-0.25, -0.2) is 27.1 Å². The fourth-order valence-electron chi connectivity index (χ4n) is 2.89. The van der Waals surface area contributed by atoms with E-state index in [1.165, 1.54) is 18.2 Å². The number of ether oxygens (including phenoxy) is 1. The predicted molar refractivity (Wildman–Crippen MR) is 103 cm³/mol. The molecule has 1 amide bonds. The summed E-state index contributed by atoms with van der Waals surface area (Å²) in [4.78, 5) is 16.8. The second kappa shape index (κ2) is 7.76. The van der Waals surface area contributed by atoms with Crippen LogP contribution in [0, 0.1) is 11.6 Å². The Bertz CT molecular complexity index is 1080. The number of halogens is 2. The van der Waals surface area contributed by atoms with E-state index in [0.29, 0.717) is 5.84 Å². The van der Waals surface area contributed by atoms with Crippen molar-refractivity contribution in [1.29, 1.82) is 0 Å². The summed E-state index contributed by atoms with van der Waals surface area (Å²) < 4.78 is 57.5. The Morgan fingerprint density at radius 2 is 1.93 bits per heavy atom. The van der Waals surface area contributed by atoms with E-state index in [1.54, 1.807) is 6.92 Å². The molecule has 0 bridgehead atoms. The van der Waals surface area contributed by atoms with Crippen molar-refractivity contribution in [2.45, 2.75) is 17.9 Å². The summed E-state index contributed by atoms with van der Waals surface area (Å²) in [5.74, 6) is -1.63. The Morgan fingerprint density at radius 1 is 1.28 bits per heavy atom. The number of primary sulfonamides is 1. The quantitative estimate of drug-likeness (QED) is 0.560. The Balaban J connectivity index is 1.93. The van der Waals surface area contributed by atoms with Gasteiger partial charge >= 0.3 is 6.09 Å². The number of aliphatic imine (C=N–C) groups is 1. The highest BCUT2D eigenvalue weighted by molar-refractivity contribution is 7.89. The van der Waals surface area contributed by atoms with Crippen molar-refractivity contribution in [3.05, 3.63) is 48.0 Å². The van der Waals surface area contributed by atoms with Gasteiger partial charge < -0.3 is 10.5 Å². The number of sulfonamides is 1. The number of rotatable bonds is 5. The van der Waals surface area contributed by atoms with E-state index in [0.717, 1.165) is 23.1 Å². The number of hydrogen-bond donors (Lipinski definition) is 2. The average molecular weight is 424 g/mol. The van der Waals surface area contributed by atoms with Crippen molar-refractivity contribution in [3.63, 3.8) is 0 Å². The van der Waals surface area contributed by atoms with Gasteiger partial charge in [0.2, 0.25) is 10.0 Å². The molecule has 2 aromatic rings. The molecule has 0 saturated carbocycles. The zero-order chi connectivity index (χ0) is 21.3. The van der Waals surface area contributed by atoms with Crippen molar-refractivity contribution < 1.29 is 26.7 Å². The van der Waals surface area contributed by atoms with E-state index in [1.807, 2.05) is 0 Å². The maximum Gasteiger partial charge on any atom is 0.414 e. The molecule has 0 aromatic heterocycles. The monoisotopic (exact) mass is 424 g/mol. The molecule has 1 atom stereocenters. The van der Waals surface area contributed by atoms with Crippen molar-refractivity contribution in [3.8, 4) is 11.1 Å². The summed E-state index contributed by atoms with van der Waals surface area (Å²) in [5, 5.41) is 5.07. The number of nitrogens with two attached hydrogens (primary N) is 2. The van der Waals surface area contributed by atoms with Crippen LogP contribution in [0.3, 0.4) is 0 Å². The van der Waals surface area contributed by atoms with Crippen LogP contribution in [-0.4, -0.2) is 39.5 Å². The molecule has 4 N–H and O–H groups in total. The molecule has 1 fully saturated rings. The summed E-state index contributed by atoms with van der Waals surface area (Å²) in [6, 6.07) is 6.92. The zero-order valence-electron chi connectivity index (χ0n) is 15.3. The molecule has 1 aliphatic rings. The summed E-state index contributed by atoms with van der Waals surface area (Å²) in [5.41, 5.74) is 4.97. The average Bonchev–Trinajstić information content (AvgIpc) is 3.00. The largest absolute Gasteiger partial charge is 0.442 e. The van der Waals surface area contributed by atoms with Crippen molar-refractivity contribution in [2.75, 3.05) is 18.0 Å². The van der Waals surface area contributed by atoms with Crippen LogP contribution in [0.2, 0.25) is 0 Å². The van der Waals surface area contributed by atoms with Crippen molar-refractivity contribution in [2.24, 2.45) is 15.9 Å². The number of amidine groups is 1. The molecule has 8 nitrogen and oxygen atoms in total. The van der Waals surface area contributed by atoms with Crippen LogP contribution in [0.15, 0.2) is 46.3 Å². The minimum absolute atomic E-state index is 0.00675. The van der Waals surface area contributed by atoms with Crippen LogP contribution < -0.4 is 15.8 Å². The van der Waals surface area contributed by atoms with Gasteiger partial charge in [-0.15, -0.1) is 0 Å². The lowest BCUT2D eigenvalue weighted by molar-refractivity contribution is 0.145. The first-order chi connectivity index (χ1) is 13.6. The SMILES string of the molecule is CC(N)=NCC1CN(c2cc(F)c(-c3cccc(S(N)(=O)=O)c3)c(F)c2)C(=O)O1.